The molecule has 144 valence electrons. The van der Waals surface area contributed by atoms with Crippen LogP contribution in [-0.2, 0) is 14.8 Å². The van der Waals surface area contributed by atoms with Gasteiger partial charge in [0.2, 0.25) is 10.0 Å². The number of methoxy groups -OCH3 is 1. The number of halogens is 1. The van der Waals surface area contributed by atoms with Crippen molar-refractivity contribution in [1.29, 1.82) is 0 Å². The van der Waals surface area contributed by atoms with E-state index in [1.54, 1.807) is 37.3 Å². The second-order valence-corrected chi connectivity index (χ2v) is 8.05. The van der Waals surface area contributed by atoms with Gasteiger partial charge in [-0.25, -0.2) is 13.8 Å². The zero-order valence-corrected chi connectivity index (χ0v) is 16.7. The number of aryl methyl sites for hydroxylation is 1. The molecule has 0 saturated heterocycles. The molecule has 2 rings (SSSR count). The molecule has 0 heterocycles. The standard InChI is InChI=1S/C18H20ClN3O4S/c1-13-8-9-15(10-16(13)19)22(27(3,24)25)12-18(23)21-20-11-14-6-4-5-7-17(14)26-2/h4-11H,12H2,1-3H3,(H,21,23)/b20-11-. The van der Waals surface area contributed by atoms with E-state index >= 15 is 0 Å². The van der Waals surface area contributed by atoms with Gasteiger partial charge in [0.05, 0.1) is 25.3 Å². The van der Waals surface area contributed by atoms with Crippen molar-refractivity contribution < 1.29 is 17.9 Å². The number of carbonyl (C=O) groups is 1. The fraction of sp³-hybridized carbons (Fsp3) is 0.222. The Labute approximate surface area is 163 Å². The molecule has 0 bridgehead atoms. The molecule has 0 fully saturated rings. The first kappa shape index (κ1) is 20.7. The van der Waals surface area contributed by atoms with Crippen molar-refractivity contribution in [3.05, 3.63) is 58.6 Å². The average Bonchev–Trinajstić information content (AvgIpc) is 2.61. The van der Waals surface area contributed by atoms with E-state index in [4.69, 9.17) is 16.3 Å². The van der Waals surface area contributed by atoms with Crippen molar-refractivity contribution in [3.8, 4) is 5.75 Å². The van der Waals surface area contributed by atoms with Crippen LogP contribution in [0.1, 0.15) is 11.1 Å². The van der Waals surface area contributed by atoms with Crippen LogP contribution in [0.4, 0.5) is 5.69 Å². The molecule has 27 heavy (non-hydrogen) atoms. The van der Waals surface area contributed by atoms with E-state index < -0.39 is 22.5 Å². The first-order chi connectivity index (χ1) is 12.7. The molecule has 0 unspecified atom stereocenters. The van der Waals surface area contributed by atoms with Gasteiger partial charge in [-0.3, -0.25) is 9.10 Å². The summed E-state index contributed by atoms with van der Waals surface area (Å²) in [6, 6.07) is 11.9. The smallest absolute Gasteiger partial charge is 0.260 e. The van der Waals surface area contributed by atoms with Crippen LogP contribution in [-0.4, -0.2) is 40.4 Å². The summed E-state index contributed by atoms with van der Waals surface area (Å²) in [5.74, 6) is 0.00540. The molecule has 0 aliphatic heterocycles. The van der Waals surface area contributed by atoms with Crippen LogP contribution in [0.3, 0.4) is 0 Å². The highest BCUT2D eigenvalue weighted by Gasteiger charge is 2.21. The van der Waals surface area contributed by atoms with Crippen LogP contribution in [0.25, 0.3) is 0 Å². The van der Waals surface area contributed by atoms with Gasteiger partial charge >= 0.3 is 0 Å². The van der Waals surface area contributed by atoms with Crippen LogP contribution < -0.4 is 14.5 Å². The van der Waals surface area contributed by atoms with Crippen LogP contribution in [0.15, 0.2) is 47.6 Å². The van der Waals surface area contributed by atoms with Crippen LogP contribution in [0, 0.1) is 6.92 Å². The normalized spacial score (nSPS) is 11.4. The predicted molar refractivity (Wildman–Crippen MR) is 107 cm³/mol. The van der Waals surface area contributed by atoms with E-state index in [2.05, 4.69) is 10.5 Å². The van der Waals surface area contributed by atoms with Crippen LogP contribution in [0.2, 0.25) is 5.02 Å². The SMILES string of the molecule is COc1ccccc1/C=N\NC(=O)CN(c1ccc(C)c(Cl)c1)S(C)(=O)=O. The molecular formula is C18H20ClN3O4S. The first-order valence-corrected chi connectivity index (χ1v) is 10.1. The predicted octanol–water partition coefficient (Wildman–Crippen LogP) is 2.57. The summed E-state index contributed by atoms with van der Waals surface area (Å²) in [7, 11) is -2.16. The lowest BCUT2D eigenvalue weighted by Gasteiger charge is -2.21. The van der Waals surface area contributed by atoms with Gasteiger partial charge in [0.25, 0.3) is 5.91 Å². The third-order valence-corrected chi connectivity index (χ3v) is 5.21. The topological polar surface area (TPSA) is 88.1 Å². The summed E-state index contributed by atoms with van der Waals surface area (Å²) in [5.41, 5.74) is 4.10. The maximum Gasteiger partial charge on any atom is 0.260 e. The van der Waals surface area contributed by atoms with Gasteiger partial charge in [0, 0.05) is 10.6 Å². The minimum Gasteiger partial charge on any atom is -0.496 e. The van der Waals surface area contributed by atoms with Gasteiger partial charge in [0.1, 0.15) is 12.3 Å². The number of para-hydroxylation sites is 1. The molecule has 0 saturated carbocycles. The maximum atomic E-state index is 12.2. The quantitative estimate of drug-likeness (QED) is 0.562. The molecule has 0 aromatic heterocycles. The zero-order valence-electron chi connectivity index (χ0n) is 15.1. The second-order valence-electron chi connectivity index (χ2n) is 5.74. The van der Waals surface area contributed by atoms with E-state index in [9.17, 15) is 13.2 Å². The Balaban J connectivity index is 2.12. The number of ether oxygens (including phenoxy) is 1. The molecule has 9 heteroatoms. The maximum absolute atomic E-state index is 12.2. The van der Waals surface area contributed by atoms with E-state index in [1.165, 1.54) is 19.4 Å². The Kier molecular flexibility index (Phi) is 6.81. The lowest BCUT2D eigenvalue weighted by atomic mass is 10.2. The molecule has 0 atom stereocenters. The molecular weight excluding hydrogens is 390 g/mol. The van der Waals surface area contributed by atoms with E-state index in [1.807, 2.05) is 6.07 Å². The Morgan fingerprint density at radius 1 is 1.30 bits per heavy atom. The highest BCUT2D eigenvalue weighted by Crippen LogP contribution is 2.24. The number of hydrogen-bond acceptors (Lipinski definition) is 5. The minimum absolute atomic E-state index is 0.303. The van der Waals surface area contributed by atoms with Crippen LogP contribution in [0.5, 0.6) is 5.75 Å². The van der Waals surface area contributed by atoms with E-state index in [0.717, 1.165) is 16.1 Å². The summed E-state index contributed by atoms with van der Waals surface area (Å²) in [4.78, 5) is 12.2. The molecule has 0 radical (unpaired) electrons. The summed E-state index contributed by atoms with van der Waals surface area (Å²) in [6.07, 6.45) is 2.44. The molecule has 7 nitrogen and oxygen atoms in total. The van der Waals surface area contributed by atoms with Gasteiger partial charge in [-0.05, 0) is 36.8 Å². The fourth-order valence-corrected chi connectivity index (χ4v) is 3.27. The number of amides is 1. The Morgan fingerprint density at radius 3 is 2.63 bits per heavy atom. The van der Waals surface area contributed by atoms with Crippen molar-refractivity contribution >= 4 is 39.4 Å². The van der Waals surface area contributed by atoms with Gasteiger partial charge in [0.15, 0.2) is 0 Å². The molecule has 2 aromatic carbocycles. The lowest BCUT2D eigenvalue weighted by molar-refractivity contribution is -0.119. The Morgan fingerprint density at radius 2 is 2.00 bits per heavy atom. The number of rotatable bonds is 7. The number of nitrogens with one attached hydrogen (secondary N) is 1. The van der Waals surface area contributed by atoms with Crippen molar-refractivity contribution in [3.63, 3.8) is 0 Å². The molecule has 2 aromatic rings. The van der Waals surface area contributed by atoms with Crippen molar-refractivity contribution in [1.82, 2.24) is 5.43 Å². The van der Waals surface area contributed by atoms with E-state index in [-0.39, 0.29) is 0 Å². The number of sulfonamides is 1. The minimum atomic E-state index is -3.69. The third-order valence-electron chi connectivity index (χ3n) is 3.66. The fourth-order valence-electron chi connectivity index (χ4n) is 2.25. The third kappa shape index (κ3) is 5.70. The van der Waals surface area contributed by atoms with Gasteiger partial charge in [-0.2, -0.15) is 5.10 Å². The summed E-state index contributed by atoms with van der Waals surface area (Å²) >= 11 is 6.07. The Bertz CT molecular complexity index is 961. The molecule has 0 aliphatic carbocycles. The van der Waals surface area contributed by atoms with Crippen molar-refractivity contribution in [2.75, 3.05) is 24.2 Å². The zero-order chi connectivity index (χ0) is 20.0. The average molecular weight is 410 g/mol. The van der Waals surface area contributed by atoms with Gasteiger partial charge in [-0.15, -0.1) is 0 Å². The lowest BCUT2D eigenvalue weighted by Crippen LogP contribution is -2.39. The number of nitrogens with zero attached hydrogens (tertiary/aromatic N) is 2. The Hall–Kier alpha value is -2.58. The molecule has 1 amide bonds. The highest BCUT2D eigenvalue weighted by molar-refractivity contribution is 7.92. The largest absolute Gasteiger partial charge is 0.496 e. The number of hydrogen-bond donors (Lipinski definition) is 1. The number of hydrazone groups is 1. The molecule has 0 spiro atoms. The van der Waals surface area contributed by atoms with Gasteiger partial charge < -0.3 is 4.74 Å². The van der Waals surface area contributed by atoms with Crippen LogP contribution >= 0.6 is 11.6 Å². The van der Waals surface area contributed by atoms with Crippen molar-refractivity contribution in [2.24, 2.45) is 5.10 Å². The summed E-state index contributed by atoms with van der Waals surface area (Å²) in [5, 5.41) is 4.27. The number of carbonyl (C=O) groups excluding carboxylic acids is 1. The second kappa shape index (κ2) is 8.88. The van der Waals surface area contributed by atoms with Crippen molar-refractivity contribution in [2.45, 2.75) is 6.92 Å². The number of anilines is 1. The highest BCUT2D eigenvalue weighted by atomic mass is 35.5. The summed E-state index contributed by atoms with van der Waals surface area (Å²) in [6.45, 7) is 1.37. The monoisotopic (exact) mass is 409 g/mol. The first-order valence-electron chi connectivity index (χ1n) is 7.91. The van der Waals surface area contributed by atoms with E-state index in [0.29, 0.717) is 22.0 Å². The summed E-state index contributed by atoms with van der Waals surface area (Å²) < 4.78 is 30.3. The molecule has 0 aliphatic rings. The number of benzene rings is 2. The van der Waals surface area contributed by atoms with Gasteiger partial charge in [-0.1, -0.05) is 29.8 Å². The molecule has 1 N–H and O–H groups in total.